The van der Waals surface area contributed by atoms with Gasteiger partial charge < -0.3 is 4.74 Å². The number of hydrogen-bond donors (Lipinski definition) is 0. The Kier molecular flexibility index (Phi) is 3.29. The molecule has 0 radical (unpaired) electrons. The van der Waals surface area contributed by atoms with Crippen LogP contribution in [0.5, 0.6) is 0 Å². The van der Waals surface area contributed by atoms with Crippen LogP contribution in [0.25, 0.3) is 0 Å². The first-order chi connectivity index (χ1) is 6.11. The highest BCUT2D eigenvalue weighted by molar-refractivity contribution is 5.89. The van der Waals surface area contributed by atoms with Crippen LogP contribution in [0.1, 0.15) is 27.2 Å². The summed E-state index contributed by atoms with van der Waals surface area (Å²) in [6.07, 6.45) is 5.17. The number of nitrogens with zero attached hydrogens (tertiary/aromatic N) is 1. The maximum Gasteiger partial charge on any atom is 0.208 e. The fourth-order valence-corrected chi connectivity index (χ4v) is 1.56. The lowest BCUT2D eigenvalue weighted by Crippen LogP contribution is -2.08. The molecule has 0 aromatic heterocycles. The van der Waals surface area contributed by atoms with Crippen LogP contribution >= 0.6 is 0 Å². The smallest absolute Gasteiger partial charge is 0.208 e. The van der Waals surface area contributed by atoms with E-state index >= 15 is 0 Å². The molecule has 0 spiro atoms. The zero-order chi connectivity index (χ0) is 9.84. The maximum absolute atomic E-state index is 5.15. The quantitative estimate of drug-likeness (QED) is 0.560. The normalized spacial score (nSPS) is 31.7. The molecule has 0 aromatic carbocycles. The number of aliphatic imine (C=N–C) groups is 1. The lowest BCUT2D eigenvalue weighted by Gasteiger charge is -2.12. The molecule has 1 unspecified atom stereocenters. The van der Waals surface area contributed by atoms with E-state index in [0.29, 0.717) is 6.04 Å². The average Bonchev–Trinajstić information content (AvgIpc) is 1.99. The molecule has 2 nitrogen and oxygen atoms in total. The minimum atomic E-state index is 0.315. The Balaban J connectivity index is 2.96. The van der Waals surface area contributed by atoms with Crippen LogP contribution in [0.2, 0.25) is 0 Å². The van der Waals surface area contributed by atoms with Crippen LogP contribution < -0.4 is 0 Å². The van der Waals surface area contributed by atoms with Crippen molar-refractivity contribution in [1.82, 2.24) is 0 Å². The molecule has 1 atom stereocenters. The van der Waals surface area contributed by atoms with Crippen molar-refractivity contribution in [3.8, 4) is 0 Å². The van der Waals surface area contributed by atoms with Crippen LogP contribution in [-0.2, 0) is 4.74 Å². The van der Waals surface area contributed by atoms with Crippen molar-refractivity contribution in [3.63, 3.8) is 0 Å². The zero-order valence-corrected chi connectivity index (χ0v) is 8.79. The Morgan fingerprint density at radius 3 is 2.69 bits per heavy atom. The standard InChI is InChI=1S/C11H17NO/c1-8-5-9(2)7-11(13-4)12-10(3)6-8/h5,7,10H,6H2,1-4H3/b8-5-,9-7-,12-11?. The molecule has 1 heterocycles. The first-order valence-electron chi connectivity index (χ1n) is 4.59. The molecule has 1 rings (SSSR count). The highest BCUT2D eigenvalue weighted by Crippen LogP contribution is 2.14. The molecule has 0 N–H and O–H groups in total. The van der Waals surface area contributed by atoms with Gasteiger partial charge in [-0.25, -0.2) is 4.99 Å². The topological polar surface area (TPSA) is 21.6 Å². The van der Waals surface area contributed by atoms with Gasteiger partial charge in [0.2, 0.25) is 5.90 Å². The third-order valence-electron chi connectivity index (χ3n) is 2.00. The van der Waals surface area contributed by atoms with Crippen molar-refractivity contribution >= 4 is 5.90 Å². The average molecular weight is 179 g/mol. The summed E-state index contributed by atoms with van der Waals surface area (Å²) in [5.41, 5.74) is 2.57. The third-order valence-corrected chi connectivity index (χ3v) is 2.00. The van der Waals surface area contributed by atoms with Crippen molar-refractivity contribution in [2.45, 2.75) is 33.2 Å². The summed E-state index contributed by atoms with van der Waals surface area (Å²) in [7, 11) is 1.66. The van der Waals surface area contributed by atoms with E-state index in [9.17, 15) is 0 Å². The van der Waals surface area contributed by atoms with E-state index in [4.69, 9.17) is 4.74 Å². The second kappa shape index (κ2) is 4.26. The minimum Gasteiger partial charge on any atom is -0.481 e. The van der Waals surface area contributed by atoms with Gasteiger partial charge in [-0.3, -0.25) is 0 Å². The minimum absolute atomic E-state index is 0.315. The fraction of sp³-hybridized carbons (Fsp3) is 0.545. The zero-order valence-electron chi connectivity index (χ0n) is 8.79. The first kappa shape index (κ1) is 10.0. The molecular formula is C11H17NO. The third kappa shape index (κ3) is 3.05. The molecule has 0 saturated carbocycles. The Bertz CT molecular complexity index is 274. The Morgan fingerprint density at radius 1 is 1.38 bits per heavy atom. The number of methoxy groups -OCH3 is 1. The number of allylic oxidation sites excluding steroid dienone is 2. The Hall–Kier alpha value is -1.05. The number of hydrogen-bond acceptors (Lipinski definition) is 2. The molecule has 2 heteroatoms. The van der Waals surface area contributed by atoms with E-state index in [2.05, 4.69) is 31.8 Å². The first-order valence-corrected chi connectivity index (χ1v) is 4.59. The van der Waals surface area contributed by atoms with E-state index in [0.717, 1.165) is 12.3 Å². The number of ether oxygens (including phenoxy) is 1. The summed E-state index contributed by atoms with van der Waals surface area (Å²) in [6.45, 7) is 6.31. The van der Waals surface area contributed by atoms with Gasteiger partial charge in [0.1, 0.15) is 0 Å². The molecule has 0 fully saturated rings. The molecule has 0 saturated heterocycles. The van der Waals surface area contributed by atoms with Crippen LogP contribution in [-0.4, -0.2) is 19.0 Å². The molecule has 0 bridgehead atoms. The summed E-state index contributed by atoms with van der Waals surface area (Å²) in [6, 6.07) is 0.315. The summed E-state index contributed by atoms with van der Waals surface area (Å²) < 4.78 is 5.15. The van der Waals surface area contributed by atoms with Gasteiger partial charge in [0, 0.05) is 6.08 Å². The monoisotopic (exact) mass is 179 g/mol. The van der Waals surface area contributed by atoms with Gasteiger partial charge in [-0.05, 0) is 32.8 Å². The van der Waals surface area contributed by atoms with Crippen LogP contribution in [0, 0.1) is 0 Å². The highest BCUT2D eigenvalue weighted by atomic mass is 16.5. The van der Waals surface area contributed by atoms with Crippen molar-refractivity contribution in [3.05, 3.63) is 23.3 Å². The van der Waals surface area contributed by atoms with Crippen LogP contribution in [0.15, 0.2) is 28.3 Å². The second-order valence-corrected chi connectivity index (χ2v) is 3.60. The Labute approximate surface area is 80.0 Å². The van der Waals surface area contributed by atoms with Crippen molar-refractivity contribution in [1.29, 1.82) is 0 Å². The van der Waals surface area contributed by atoms with Crippen molar-refractivity contribution in [2.75, 3.05) is 7.11 Å². The van der Waals surface area contributed by atoms with Gasteiger partial charge in [-0.15, -0.1) is 0 Å². The maximum atomic E-state index is 5.15. The summed E-state index contributed by atoms with van der Waals surface area (Å²) in [4.78, 5) is 4.43. The lowest BCUT2D eigenvalue weighted by atomic mass is 10.1. The van der Waals surface area contributed by atoms with Crippen LogP contribution in [0.4, 0.5) is 0 Å². The lowest BCUT2D eigenvalue weighted by molar-refractivity contribution is 0.401. The van der Waals surface area contributed by atoms with E-state index in [1.807, 2.05) is 6.08 Å². The summed E-state index contributed by atoms with van der Waals surface area (Å²) >= 11 is 0. The highest BCUT2D eigenvalue weighted by Gasteiger charge is 2.06. The van der Waals surface area contributed by atoms with E-state index in [1.165, 1.54) is 11.1 Å². The molecule has 0 aromatic rings. The fourth-order valence-electron chi connectivity index (χ4n) is 1.56. The van der Waals surface area contributed by atoms with E-state index in [-0.39, 0.29) is 0 Å². The predicted octanol–water partition coefficient (Wildman–Crippen LogP) is 2.72. The van der Waals surface area contributed by atoms with Crippen molar-refractivity contribution < 1.29 is 4.74 Å². The van der Waals surface area contributed by atoms with Gasteiger partial charge in [0.05, 0.1) is 13.2 Å². The molecule has 1 aliphatic heterocycles. The van der Waals surface area contributed by atoms with Gasteiger partial charge in [0.15, 0.2) is 0 Å². The van der Waals surface area contributed by atoms with Gasteiger partial charge in [-0.2, -0.15) is 0 Å². The van der Waals surface area contributed by atoms with E-state index in [1.54, 1.807) is 7.11 Å². The molecule has 72 valence electrons. The molecule has 0 amide bonds. The largest absolute Gasteiger partial charge is 0.481 e. The van der Waals surface area contributed by atoms with Gasteiger partial charge in [-0.1, -0.05) is 11.6 Å². The second-order valence-electron chi connectivity index (χ2n) is 3.60. The van der Waals surface area contributed by atoms with E-state index < -0.39 is 0 Å². The molecule has 13 heavy (non-hydrogen) atoms. The number of rotatable bonds is 0. The molecule has 0 aliphatic carbocycles. The summed E-state index contributed by atoms with van der Waals surface area (Å²) in [5.74, 6) is 0.730. The SMILES string of the molecule is COC1=NC(C)C/C(C)=C\C(C)=C/1. The van der Waals surface area contributed by atoms with Gasteiger partial charge >= 0.3 is 0 Å². The molecule has 1 aliphatic rings. The predicted molar refractivity (Wildman–Crippen MR) is 56.0 cm³/mol. The van der Waals surface area contributed by atoms with Crippen LogP contribution in [0.3, 0.4) is 0 Å². The molecular weight excluding hydrogens is 162 g/mol. The Morgan fingerprint density at radius 2 is 2.08 bits per heavy atom. The van der Waals surface area contributed by atoms with Crippen molar-refractivity contribution in [2.24, 2.45) is 4.99 Å². The van der Waals surface area contributed by atoms with Gasteiger partial charge in [0.25, 0.3) is 0 Å². The summed E-state index contributed by atoms with van der Waals surface area (Å²) in [5, 5.41) is 0.